The number of hydrogen-bond donors (Lipinski definition) is 0. The molecule has 0 fully saturated rings. The van der Waals surface area contributed by atoms with Crippen LogP contribution in [0.3, 0.4) is 0 Å². The minimum atomic E-state index is 0.331. The van der Waals surface area contributed by atoms with Gasteiger partial charge in [-0.15, -0.1) is 10.2 Å². The summed E-state index contributed by atoms with van der Waals surface area (Å²) in [6.07, 6.45) is 4.51. The summed E-state index contributed by atoms with van der Waals surface area (Å²) >= 11 is 0. The van der Waals surface area contributed by atoms with Crippen molar-refractivity contribution in [2.45, 2.75) is 27.2 Å². The number of aromatic nitrogens is 3. The van der Waals surface area contributed by atoms with Gasteiger partial charge < -0.3 is 0 Å². The summed E-state index contributed by atoms with van der Waals surface area (Å²) in [5, 5.41) is 7.59. The van der Waals surface area contributed by atoms with Crippen molar-refractivity contribution in [3.05, 3.63) is 42.5 Å². The van der Waals surface area contributed by atoms with Crippen LogP contribution in [0.15, 0.2) is 36.9 Å². The van der Waals surface area contributed by atoms with Gasteiger partial charge in [0, 0.05) is 5.69 Å². The highest BCUT2D eigenvalue weighted by Crippen LogP contribution is 2.21. The molecule has 3 nitrogen and oxygen atoms in total. The largest absolute Gasteiger partial charge is 0.288 e. The lowest BCUT2D eigenvalue weighted by Crippen LogP contribution is -2.09. The summed E-state index contributed by atoms with van der Waals surface area (Å²) in [5.74, 6) is 0. The summed E-state index contributed by atoms with van der Waals surface area (Å²) in [6, 6.07) is 8.54. The van der Waals surface area contributed by atoms with Crippen molar-refractivity contribution >= 4 is 0 Å². The van der Waals surface area contributed by atoms with Gasteiger partial charge in [0.1, 0.15) is 12.7 Å². The molecule has 2 rings (SSSR count). The smallest absolute Gasteiger partial charge is 0.123 e. The van der Waals surface area contributed by atoms with Gasteiger partial charge in [-0.2, -0.15) is 0 Å². The molecule has 16 heavy (non-hydrogen) atoms. The molecule has 1 heterocycles. The molecule has 2 aromatic rings. The molecule has 0 spiro atoms. The molecular formula is C13H17N3. The van der Waals surface area contributed by atoms with Crippen molar-refractivity contribution in [1.29, 1.82) is 0 Å². The third kappa shape index (κ3) is 2.69. The van der Waals surface area contributed by atoms with Gasteiger partial charge in [0.2, 0.25) is 0 Å². The maximum atomic E-state index is 3.79. The maximum Gasteiger partial charge on any atom is 0.123 e. The van der Waals surface area contributed by atoms with Crippen LogP contribution in [0.1, 0.15) is 26.3 Å². The van der Waals surface area contributed by atoms with Crippen LogP contribution in [0, 0.1) is 5.41 Å². The first-order chi connectivity index (χ1) is 7.54. The topological polar surface area (TPSA) is 30.7 Å². The second-order valence-electron chi connectivity index (χ2n) is 5.27. The normalized spacial score (nSPS) is 11.7. The second kappa shape index (κ2) is 4.08. The zero-order valence-electron chi connectivity index (χ0n) is 10.0. The third-order valence-corrected chi connectivity index (χ3v) is 2.39. The highest BCUT2D eigenvalue weighted by atomic mass is 15.2. The lowest BCUT2D eigenvalue weighted by Gasteiger charge is -2.18. The Bertz CT molecular complexity index is 435. The van der Waals surface area contributed by atoms with E-state index in [1.807, 2.05) is 4.57 Å². The van der Waals surface area contributed by atoms with E-state index in [0.29, 0.717) is 5.41 Å². The third-order valence-electron chi connectivity index (χ3n) is 2.39. The Hall–Kier alpha value is -1.64. The summed E-state index contributed by atoms with van der Waals surface area (Å²) in [6.45, 7) is 6.75. The average Bonchev–Trinajstić information content (AvgIpc) is 2.69. The summed E-state index contributed by atoms with van der Waals surface area (Å²) < 4.78 is 1.90. The summed E-state index contributed by atoms with van der Waals surface area (Å²) in [7, 11) is 0. The van der Waals surface area contributed by atoms with Gasteiger partial charge in [-0.1, -0.05) is 32.9 Å². The van der Waals surface area contributed by atoms with E-state index in [4.69, 9.17) is 0 Å². The number of nitrogens with zero attached hydrogens (tertiary/aromatic N) is 3. The van der Waals surface area contributed by atoms with E-state index in [2.05, 4.69) is 55.2 Å². The van der Waals surface area contributed by atoms with E-state index < -0.39 is 0 Å². The van der Waals surface area contributed by atoms with E-state index in [0.717, 1.165) is 12.1 Å². The zero-order chi connectivity index (χ0) is 11.6. The van der Waals surface area contributed by atoms with Gasteiger partial charge in [-0.3, -0.25) is 4.57 Å². The molecule has 0 amide bonds. The number of benzene rings is 1. The Morgan fingerprint density at radius 2 is 1.56 bits per heavy atom. The monoisotopic (exact) mass is 215 g/mol. The molecule has 0 atom stereocenters. The Morgan fingerprint density at radius 1 is 1.00 bits per heavy atom. The van der Waals surface area contributed by atoms with E-state index in [9.17, 15) is 0 Å². The van der Waals surface area contributed by atoms with Crippen LogP contribution in [0.5, 0.6) is 0 Å². The molecule has 1 aromatic heterocycles. The molecular weight excluding hydrogens is 198 g/mol. The molecule has 0 N–H and O–H groups in total. The maximum absolute atomic E-state index is 3.79. The number of hydrogen-bond acceptors (Lipinski definition) is 2. The van der Waals surface area contributed by atoms with Crippen LogP contribution in [-0.4, -0.2) is 14.8 Å². The SMILES string of the molecule is CC(C)(C)Cc1ccc(-n2cnnc2)cc1. The van der Waals surface area contributed by atoms with Crippen molar-refractivity contribution in [1.82, 2.24) is 14.8 Å². The van der Waals surface area contributed by atoms with Crippen LogP contribution >= 0.6 is 0 Å². The minimum absolute atomic E-state index is 0.331. The van der Waals surface area contributed by atoms with E-state index in [1.54, 1.807) is 12.7 Å². The van der Waals surface area contributed by atoms with Gasteiger partial charge in [-0.25, -0.2) is 0 Å². The quantitative estimate of drug-likeness (QED) is 0.771. The van der Waals surface area contributed by atoms with Gasteiger partial charge in [0.15, 0.2) is 0 Å². The Labute approximate surface area is 96.1 Å². The van der Waals surface area contributed by atoms with Crippen LogP contribution < -0.4 is 0 Å². The molecule has 0 aliphatic carbocycles. The lowest BCUT2D eigenvalue weighted by atomic mass is 9.88. The van der Waals surface area contributed by atoms with E-state index >= 15 is 0 Å². The van der Waals surface area contributed by atoms with Gasteiger partial charge in [0.25, 0.3) is 0 Å². The van der Waals surface area contributed by atoms with E-state index in [-0.39, 0.29) is 0 Å². The fourth-order valence-electron chi connectivity index (χ4n) is 1.73. The van der Waals surface area contributed by atoms with E-state index in [1.165, 1.54) is 5.56 Å². The Kier molecular flexibility index (Phi) is 2.77. The van der Waals surface area contributed by atoms with Crippen LogP contribution in [-0.2, 0) is 6.42 Å². The van der Waals surface area contributed by atoms with Crippen molar-refractivity contribution in [3.63, 3.8) is 0 Å². The van der Waals surface area contributed by atoms with Crippen molar-refractivity contribution in [3.8, 4) is 5.69 Å². The molecule has 0 bridgehead atoms. The summed E-state index contributed by atoms with van der Waals surface area (Å²) in [5.41, 5.74) is 2.80. The van der Waals surface area contributed by atoms with Crippen LogP contribution in [0.25, 0.3) is 5.69 Å². The minimum Gasteiger partial charge on any atom is -0.288 e. The molecule has 0 aliphatic heterocycles. The fraction of sp³-hybridized carbons (Fsp3) is 0.385. The molecule has 0 radical (unpaired) electrons. The molecule has 3 heteroatoms. The van der Waals surface area contributed by atoms with Crippen LogP contribution in [0.2, 0.25) is 0 Å². The summed E-state index contributed by atoms with van der Waals surface area (Å²) in [4.78, 5) is 0. The van der Waals surface area contributed by atoms with Gasteiger partial charge in [-0.05, 0) is 29.5 Å². The Morgan fingerprint density at radius 3 is 2.06 bits per heavy atom. The van der Waals surface area contributed by atoms with Crippen LogP contribution in [0.4, 0.5) is 0 Å². The predicted molar refractivity (Wildman–Crippen MR) is 64.5 cm³/mol. The second-order valence-corrected chi connectivity index (χ2v) is 5.27. The predicted octanol–water partition coefficient (Wildman–Crippen LogP) is 2.86. The Balaban J connectivity index is 2.17. The van der Waals surface area contributed by atoms with Gasteiger partial charge >= 0.3 is 0 Å². The van der Waals surface area contributed by atoms with Crippen molar-refractivity contribution in [2.24, 2.45) is 5.41 Å². The first-order valence-electron chi connectivity index (χ1n) is 5.48. The van der Waals surface area contributed by atoms with Crippen molar-refractivity contribution in [2.75, 3.05) is 0 Å². The fourth-order valence-corrected chi connectivity index (χ4v) is 1.73. The lowest BCUT2D eigenvalue weighted by molar-refractivity contribution is 0.411. The highest BCUT2D eigenvalue weighted by Gasteiger charge is 2.10. The average molecular weight is 215 g/mol. The first-order valence-corrected chi connectivity index (χ1v) is 5.48. The van der Waals surface area contributed by atoms with Gasteiger partial charge in [0.05, 0.1) is 0 Å². The standard InChI is InChI=1S/C13H17N3/c1-13(2,3)8-11-4-6-12(7-5-11)16-9-14-15-10-16/h4-7,9-10H,8H2,1-3H3. The first kappa shape index (κ1) is 10.9. The molecule has 84 valence electrons. The molecule has 0 saturated heterocycles. The van der Waals surface area contributed by atoms with Crippen molar-refractivity contribution < 1.29 is 0 Å². The zero-order valence-corrected chi connectivity index (χ0v) is 10.0. The molecule has 1 aromatic carbocycles. The highest BCUT2D eigenvalue weighted by molar-refractivity contribution is 5.34. The molecule has 0 unspecified atom stereocenters. The number of rotatable bonds is 2. The molecule has 0 saturated carbocycles. The molecule has 0 aliphatic rings.